The van der Waals surface area contributed by atoms with E-state index in [9.17, 15) is 9.18 Å². The first-order chi connectivity index (χ1) is 14.4. The van der Waals surface area contributed by atoms with E-state index < -0.39 is 0 Å². The maximum atomic E-state index is 13.1. The summed E-state index contributed by atoms with van der Waals surface area (Å²) in [6, 6.07) is 5.67. The Morgan fingerprint density at radius 3 is 2.43 bits per heavy atom. The van der Waals surface area contributed by atoms with Crippen molar-refractivity contribution in [1.82, 2.24) is 10.6 Å². The lowest BCUT2D eigenvalue weighted by molar-refractivity contribution is -0.129. The minimum Gasteiger partial charge on any atom is -0.467 e. The summed E-state index contributed by atoms with van der Waals surface area (Å²) < 4.78 is 24.4. The number of hydrogen-bond donors (Lipinski definition) is 2. The molecule has 7 heteroatoms. The van der Waals surface area contributed by atoms with Crippen LogP contribution in [0.1, 0.15) is 38.5 Å². The Morgan fingerprint density at radius 2 is 1.80 bits per heavy atom. The highest BCUT2D eigenvalue weighted by Crippen LogP contribution is 2.55. The Hall–Kier alpha value is -2.83. The number of ether oxygens (including phenoxy) is 2. The topological polar surface area (TPSA) is 72.0 Å². The average molecular weight is 411 g/mol. The van der Waals surface area contributed by atoms with Gasteiger partial charge in [-0.2, -0.15) is 4.99 Å². The van der Waals surface area contributed by atoms with Gasteiger partial charge in [0.15, 0.2) is 6.61 Å². The Morgan fingerprint density at radius 1 is 1.17 bits per heavy atom. The van der Waals surface area contributed by atoms with Crippen molar-refractivity contribution in [1.29, 1.82) is 0 Å². The third kappa shape index (κ3) is 4.06. The smallest absolute Gasteiger partial charge is 0.258 e. The summed E-state index contributed by atoms with van der Waals surface area (Å²) >= 11 is 0. The minimum atomic E-state index is -0.340. The summed E-state index contributed by atoms with van der Waals surface area (Å²) in [5, 5.41) is 6.17. The van der Waals surface area contributed by atoms with Gasteiger partial charge in [-0.15, -0.1) is 0 Å². The fourth-order valence-electron chi connectivity index (χ4n) is 5.98. The van der Waals surface area contributed by atoms with Gasteiger partial charge in [0.25, 0.3) is 5.91 Å². The number of nitrogens with zero attached hydrogens (tertiary/aromatic N) is 1. The highest BCUT2D eigenvalue weighted by atomic mass is 19.1. The second-order valence-corrected chi connectivity index (χ2v) is 9.12. The summed E-state index contributed by atoms with van der Waals surface area (Å²) in [6.45, 7) is 3.68. The Kier molecular flexibility index (Phi) is 4.76. The standard InChI is InChI=1S/C23H26FN3O3/c1-14-25-21(9-22(26-14)30-19-4-2-18(24)3-5-19)29-13-20(28)27-23-10-15-6-16(11-23)8-17(7-15)12-23/h2-5,9,15-17,26H,1,6-8,10-13H2,(H,27,28). The summed E-state index contributed by atoms with van der Waals surface area (Å²) in [7, 11) is 0. The molecule has 158 valence electrons. The fraction of sp³-hybridized carbons (Fsp3) is 0.478. The average Bonchev–Trinajstić information content (AvgIpc) is 2.66. The summed E-state index contributed by atoms with van der Waals surface area (Å²) in [5.41, 5.74) is -0.0403. The van der Waals surface area contributed by atoms with E-state index in [1.165, 1.54) is 43.5 Å². The quantitative estimate of drug-likeness (QED) is 0.776. The summed E-state index contributed by atoms with van der Waals surface area (Å²) in [4.78, 5) is 16.8. The van der Waals surface area contributed by atoms with Crippen LogP contribution in [0.3, 0.4) is 0 Å². The number of carbonyl (C=O) groups is 1. The third-order valence-electron chi connectivity index (χ3n) is 6.60. The maximum Gasteiger partial charge on any atom is 0.258 e. The molecule has 4 fully saturated rings. The Labute approximate surface area is 175 Å². The van der Waals surface area contributed by atoms with E-state index in [0.717, 1.165) is 37.0 Å². The van der Waals surface area contributed by atoms with Crippen molar-refractivity contribution in [2.75, 3.05) is 6.61 Å². The molecule has 2 N–H and O–H groups in total. The maximum absolute atomic E-state index is 13.1. The number of benzene rings is 1. The van der Waals surface area contributed by atoms with Crippen molar-refractivity contribution in [2.45, 2.75) is 44.1 Å². The van der Waals surface area contributed by atoms with E-state index in [-0.39, 0.29) is 29.8 Å². The molecule has 1 aromatic carbocycles. The highest BCUT2D eigenvalue weighted by Gasteiger charge is 2.51. The number of rotatable bonds is 5. The van der Waals surface area contributed by atoms with Crippen LogP contribution in [0.2, 0.25) is 0 Å². The zero-order chi connectivity index (χ0) is 20.7. The largest absolute Gasteiger partial charge is 0.467 e. The molecule has 1 heterocycles. The van der Waals surface area contributed by atoms with Crippen LogP contribution < -0.4 is 15.4 Å². The molecule has 4 aliphatic carbocycles. The van der Waals surface area contributed by atoms with E-state index in [2.05, 4.69) is 22.2 Å². The molecule has 0 saturated heterocycles. The fourth-order valence-corrected chi connectivity index (χ4v) is 5.98. The second kappa shape index (κ2) is 7.45. The van der Waals surface area contributed by atoms with E-state index in [1.54, 1.807) is 6.08 Å². The van der Waals surface area contributed by atoms with Crippen molar-refractivity contribution < 1.29 is 18.7 Å². The van der Waals surface area contributed by atoms with Crippen LogP contribution in [0.5, 0.6) is 5.75 Å². The lowest BCUT2D eigenvalue weighted by Gasteiger charge is -2.56. The number of hydrogen-bond acceptors (Lipinski definition) is 5. The van der Waals surface area contributed by atoms with E-state index >= 15 is 0 Å². The van der Waals surface area contributed by atoms with Crippen LogP contribution in [0, 0.1) is 23.6 Å². The molecule has 0 aromatic heterocycles. The van der Waals surface area contributed by atoms with Crippen molar-refractivity contribution in [2.24, 2.45) is 22.7 Å². The van der Waals surface area contributed by atoms with Crippen LogP contribution in [0.4, 0.5) is 4.39 Å². The zero-order valence-electron chi connectivity index (χ0n) is 16.8. The van der Waals surface area contributed by atoms with Crippen molar-refractivity contribution >= 4 is 11.8 Å². The van der Waals surface area contributed by atoms with Crippen LogP contribution >= 0.6 is 0 Å². The lowest BCUT2D eigenvalue weighted by atomic mass is 9.53. The molecule has 6 rings (SSSR count). The molecule has 6 nitrogen and oxygen atoms in total. The van der Waals surface area contributed by atoms with Crippen LogP contribution in [-0.2, 0) is 9.53 Å². The number of aliphatic imine (C=N–C) groups is 1. The normalized spacial score (nSPS) is 31.5. The van der Waals surface area contributed by atoms with E-state index in [0.29, 0.717) is 17.5 Å². The van der Waals surface area contributed by atoms with Gasteiger partial charge in [0.05, 0.1) is 6.08 Å². The first kappa shape index (κ1) is 19.2. The van der Waals surface area contributed by atoms with Crippen LogP contribution in [0.15, 0.2) is 53.6 Å². The highest BCUT2D eigenvalue weighted by molar-refractivity contribution is 5.91. The first-order valence-electron chi connectivity index (χ1n) is 10.6. The molecule has 4 bridgehead atoms. The van der Waals surface area contributed by atoms with Crippen LogP contribution in [-0.4, -0.2) is 24.0 Å². The van der Waals surface area contributed by atoms with Gasteiger partial charge in [-0.25, -0.2) is 4.39 Å². The molecule has 30 heavy (non-hydrogen) atoms. The van der Waals surface area contributed by atoms with Gasteiger partial charge in [-0.3, -0.25) is 4.79 Å². The first-order valence-corrected chi connectivity index (χ1v) is 10.6. The van der Waals surface area contributed by atoms with Gasteiger partial charge in [0, 0.05) is 5.54 Å². The molecule has 0 atom stereocenters. The SMILES string of the molecule is C=C1N=C(OCC(=O)NC23CC4CC(CC(C4)C2)C3)C=C(Oc2ccc(F)cc2)N1. The van der Waals surface area contributed by atoms with Crippen molar-refractivity contribution in [3.8, 4) is 5.75 Å². The molecule has 5 aliphatic rings. The number of nitrogens with one attached hydrogen (secondary N) is 2. The second-order valence-electron chi connectivity index (χ2n) is 9.12. The Balaban J connectivity index is 1.18. The third-order valence-corrected chi connectivity index (χ3v) is 6.60. The molecular formula is C23H26FN3O3. The van der Waals surface area contributed by atoms with Gasteiger partial charge in [0.2, 0.25) is 11.8 Å². The minimum absolute atomic E-state index is 0.0403. The van der Waals surface area contributed by atoms with Gasteiger partial charge >= 0.3 is 0 Å². The molecule has 1 aromatic rings. The van der Waals surface area contributed by atoms with Crippen molar-refractivity contribution in [3.63, 3.8) is 0 Å². The molecular weight excluding hydrogens is 385 g/mol. The lowest BCUT2D eigenvalue weighted by Crippen LogP contribution is -2.60. The molecule has 1 aliphatic heterocycles. The van der Waals surface area contributed by atoms with Crippen molar-refractivity contribution in [3.05, 3.63) is 54.4 Å². The van der Waals surface area contributed by atoms with E-state index in [4.69, 9.17) is 9.47 Å². The summed E-state index contributed by atoms with van der Waals surface area (Å²) in [5.74, 6) is 3.24. The number of halogens is 1. The van der Waals surface area contributed by atoms with E-state index in [1.807, 2.05) is 0 Å². The predicted octanol–water partition coefficient (Wildman–Crippen LogP) is 3.62. The number of amides is 1. The van der Waals surface area contributed by atoms with Gasteiger partial charge in [-0.1, -0.05) is 6.58 Å². The van der Waals surface area contributed by atoms with Gasteiger partial charge < -0.3 is 20.1 Å². The number of carbonyl (C=O) groups excluding carboxylic acids is 1. The molecule has 1 amide bonds. The van der Waals surface area contributed by atoms with Gasteiger partial charge in [0.1, 0.15) is 17.4 Å². The molecule has 0 unspecified atom stereocenters. The summed E-state index contributed by atoms with van der Waals surface area (Å²) in [6.07, 6.45) is 8.85. The Bertz CT molecular complexity index is 887. The monoisotopic (exact) mass is 411 g/mol. The predicted molar refractivity (Wildman–Crippen MR) is 110 cm³/mol. The zero-order valence-corrected chi connectivity index (χ0v) is 16.8. The van der Waals surface area contributed by atoms with Crippen LogP contribution in [0.25, 0.3) is 0 Å². The van der Waals surface area contributed by atoms with Gasteiger partial charge in [-0.05, 0) is 80.5 Å². The molecule has 0 spiro atoms. The molecule has 0 radical (unpaired) electrons. The molecule has 4 saturated carbocycles.